The largest absolute Gasteiger partial charge is 0.488 e. The Bertz CT molecular complexity index is 806. The molecule has 1 saturated heterocycles. The van der Waals surface area contributed by atoms with Crippen molar-refractivity contribution < 1.29 is 14.3 Å². The van der Waals surface area contributed by atoms with Crippen LogP contribution < -0.4 is 16.2 Å². The number of carbonyl (C=O) groups is 2. The summed E-state index contributed by atoms with van der Waals surface area (Å²) >= 11 is 0. The third kappa shape index (κ3) is 4.03. The fraction of sp³-hybridized carbons (Fsp3) is 0.300. The van der Waals surface area contributed by atoms with E-state index < -0.39 is 5.91 Å². The minimum Gasteiger partial charge on any atom is -0.488 e. The molecule has 0 spiro atoms. The molecule has 6 nitrogen and oxygen atoms in total. The van der Waals surface area contributed by atoms with Crippen LogP contribution in [-0.4, -0.2) is 36.3 Å². The highest BCUT2D eigenvalue weighted by atomic mass is 16.5. The molecule has 1 fully saturated rings. The number of likely N-dealkylation sites (tertiary alicyclic amines) is 1. The van der Waals surface area contributed by atoms with Crippen LogP contribution in [0.5, 0.6) is 5.75 Å². The van der Waals surface area contributed by atoms with E-state index in [0.717, 1.165) is 18.5 Å². The van der Waals surface area contributed by atoms with Crippen molar-refractivity contribution in [2.24, 2.45) is 17.4 Å². The summed E-state index contributed by atoms with van der Waals surface area (Å²) in [6, 6.07) is 14.2. The first-order chi connectivity index (χ1) is 12.6. The number of ether oxygens (including phenoxy) is 1. The molecule has 1 heterocycles. The van der Waals surface area contributed by atoms with Gasteiger partial charge in [-0.1, -0.05) is 24.3 Å². The molecule has 1 unspecified atom stereocenters. The molecular formula is C20H23N3O3. The lowest BCUT2D eigenvalue weighted by atomic mass is 10.1. The molecule has 0 aliphatic carbocycles. The SMILES string of the molecule is NCC1CCN(C(=O)c2cccc(COc3ccccc3C(N)=O)c2)C1. The summed E-state index contributed by atoms with van der Waals surface area (Å²) in [6.07, 6.45) is 0.953. The lowest BCUT2D eigenvalue weighted by Crippen LogP contribution is -2.29. The van der Waals surface area contributed by atoms with Gasteiger partial charge in [-0.3, -0.25) is 9.59 Å². The van der Waals surface area contributed by atoms with E-state index in [1.807, 2.05) is 23.1 Å². The maximum Gasteiger partial charge on any atom is 0.253 e. The van der Waals surface area contributed by atoms with Crippen LogP contribution in [0, 0.1) is 5.92 Å². The maximum absolute atomic E-state index is 12.7. The average Bonchev–Trinajstić information content (AvgIpc) is 3.15. The number of rotatable bonds is 6. The topological polar surface area (TPSA) is 98.7 Å². The Morgan fingerprint density at radius 3 is 2.69 bits per heavy atom. The standard InChI is InChI=1S/C20H23N3O3/c21-11-15-8-9-23(12-15)20(25)16-5-3-4-14(10-16)13-26-18-7-2-1-6-17(18)19(22)24/h1-7,10,15H,8-9,11-13,21H2,(H2,22,24). The number of para-hydroxylation sites is 1. The molecule has 2 amide bonds. The molecule has 4 N–H and O–H groups in total. The lowest BCUT2D eigenvalue weighted by Gasteiger charge is -2.17. The molecular weight excluding hydrogens is 330 g/mol. The van der Waals surface area contributed by atoms with Crippen molar-refractivity contribution in [1.29, 1.82) is 0 Å². The smallest absolute Gasteiger partial charge is 0.253 e. The van der Waals surface area contributed by atoms with E-state index in [-0.39, 0.29) is 12.5 Å². The summed E-state index contributed by atoms with van der Waals surface area (Å²) < 4.78 is 5.74. The predicted octanol–water partition coefficient (Wildman–Crippen LogP) is 1.79. The van der Waals surface area contributed by atoms with Gasteiger partial charge in [0.25, 0.3) is 11.8 Å². The van der Waals surface area contributed by atoms with E-state index >= 15 is 0 Å². The second kappa shape index (κ2) is 8.01. The predicted molar refractivity (Wildman–Crippen MR) is 98.8 cm³/mol. The van der Waals surface area contributed by atoms with Crippen LogP contribution in [0.1, 0.15) is 32.7 Å². The molecule has 26 heavy (non-hydrogen) atoms. The Labute approximate surface area is 152 Å². The van der Waals surface area contributed by atoms with Crippen LogP contribution in [0.25, 0.3) is 0 Å². The molecule has 0 saturated carbocycles. The molecule has 0 radical (unpaired) electrons. The van der Waals surface area contributed by atoms with E-state index in [1.165, 1.54) is 0 Å². The van der Waals surface area contributed by atoms with Crippen molar-refractivity contribution in [2.45, 2.75) is 13.0 Å². The van der Waals surface area contributed by atoms with Crippen LogP contribution in [0.4, 0.5) is 0 Å². The molecule has 2 aromatic rings. The highest BCUT2D eigenvalue weighted by Crippen LogP contribution is 2.21. The normalized spacial score (nSPS) is 16.5. The molecule has 1 atom stereocenters. The molecule has 6 heteroatoms. The summed E-state index contributed by atoms with van der Waals surface area (Å²) in [6.45, 7) is 2.31. The van der Waals surface area contributed by atoms with Crippen molar-refractivity contribution in [1.82, 2.24) is 4.90 Å². The molecule has 2 aromatic carbocycles. The number of nitrogens with two attached hydrogens (primary N) is 2. The Hall–Kier alpha value is -2.86. The number of benzene rings is 2. The zero-order valence-electron chi connectivity index (χ0n) is 14.6. The van der Waals surface area contributed by atoms with Crippen molar-refractivity contribution in [3.8, 4) is 5.75 Å². The molecule has 1 aliphatic heterocycles. The lowest BCUT2D eigenvalue weighted by molar-refractivity contribution is 0.0787. The van der Waals surface area contributed by atoms with Crippen molar-refractivity contribution in [2.75, 3.05) is 19.6 Å². The highest BCUT2D eigenvalue weighted by molar-refractivity contribution is 5.95. The summed E-state index contributed by atoms with van der Waals surface area (Å²) in [4.78, 5) is 26.0. The van der Waals surface area contributed by atoms with Crippen molar-refractivity contribution >= 4 is 11.8 Å². The minimum absolute atomic E-state index is 0.0142. The Morgan fingerprint density at radius 1 is 1.15 bits per heavy atom. The van der Waals surface area contributed by atoms with Gasteiger partial charge in [0.15, 0.2) is 0 Å². The second-order valence-electron chi connectivity index (χ2n) is 6.49. The number of carbonyl (C=O) groups excluding carboxylic acids is 2. The first kappa shape index (κ1) is 17.9. The van der Waals surface area contributed by atoms with E-state index in [2.05, 4.69) is 0 Å². The number of primary amides is 1. The Morgan fingerprint density at radius 2 is 1.96 bits per heavy atom. The van der Waals surface area contributed by atoms with Gasteiger partial charge < -0.3 is 21.1 Å². The third-order valence-electron chi connectivity index (χ3n) is 4.63. The highest BCUT2D eigenvalue weighted by Gasteiger charge is 2.26. The van der Waals surface area contributed by atoms with Gasteiger partial charge in [-0.2, -0.15) is 0 Å². The quantitative estimate of drug-likeness (QED) is 0.827. The van der Waals surface area contributed by atoms with E-state index in [0.29, 0.717) is 35.9 Å². The first-order valence-electron chi connectivity index (χ1n) is 8.68. The average molecular weight is 353 g/mol. The van der Waals surface area contributed by atoms with Crippen molar-refractivity contribution in [3.63, 3.8) is 0 Å². The molecule has 136 valence electrons. The van der Waals surface area contributed by atoms with Gasteiger partial charge in [-0.05, 0) is 48.7 Å². The van der Waals surface area contributed by atoms with Crippen molar-refractivity contribution in [3.05, 3.63) is 65.2 Å². The first-order valence-corrected chi connectivity index (χ1v) is 8.68. The summed E-state index contributed by atoms with van der Waals surface area (Å²) in [5.41, 5.74) is 12.9. The monoisotopic (exact) mass is 353 g/mol. The van der Waals surface area contributed by atoms with Gasteiger partial charge >= 0.3 is 0 Å². The number of hydrogen-bond acceptors (Lipinski definition) is 4. The van der Waals surface area contributed by atoms with E-state index in [1.54, 1.807) is 30.3 Å². The third-order valence-corrected chi connectivity index (χ3v) is 4.63. The van der Waals surface area contributed by atoms with E-state index in [9.17, 15) is 9.59 Å². The fourth-order valence-corrected chi connectivity index (χ4v) is 3.14. The zero-order valence-corrected chi connectivity index (χ0v) is 14.6. The van der Waals surface area contributed by atoms with Gasteiger partial charge in [0.1, 0.15) is 12.4 Å². The van der Waals surface area contributed by atoms with Crippen LogP contribution in [0.15, 0.2) is 48.5 Å². The fourth-order valence-electron chi connectivity index (χ4n) is 3.14. The number of amides is 2. The second-order valence-corrected chi connectivity index (χ2v) is 6.49. The number of nitrogens with zero attached hydrogens (tertiary/aromatic N) is 1. The summed E-state index contributed by atoms with van der Waals surface area (Å²) in [5.74, 6) is 0.297. The van der Waals surface area contributed by atoms with Gasteiger partial charge in [0, 0.05) is 18.7 Å². The van der Waals surface area contributed by atoms with Gasteiger partial charge in [-0.25, -0.2) is 0 Å². The molecule has 0 bridgehead atoms. The molecule has 1 aliphatic rings. The van der Waals surface area contributed by atoms with Gasteiger partial charge in [-0.15, -0.1) is 0 Å². The van der Waals surface area contributed by atoms with E-state index in [4.69, 9.17) is 16.2 Å². The van der Waals surface area contributed by atoms with Gasteiger partial charge in [0.2, 0.25) is 0 Å². The van der Waals surface area contributed by atoms with Crippen LogP contribution in [-0.2, 0) is 6.61 Å². The van der Waals surface area contributed by atoms with Gasteiger partial charge in [0.05, 0.1) is 5.56 Å². The minimum atomic E-state index is -0.534. The van der Waals surface area contributed by atoms with Crippen LogP contribution in [0.3, 0.4) is 0 Å². The summed E-state index contributed by atoms with van der Waals surface area (Å²) in [5, 5.41) is 0. The molecule has 0 aromatic heterocycles. The Balaban J connectivity index is 1.68. The molecule has 3 rings (SSSR count). The van der Waals surface area contributed by atoms with Crippen LogP contribution in [0.2, 0.25) is 0 Å². The maximum atomic E-state index is 12.7. The summed E-state index contributed by atoms with van der Waals surface area (Å²) in [7, 11) is 0. The van der Waals surface area contributed by atoms with Crippen LogP contribution >= 0.6 is 0 Å². The zero-order chi connectivity index (χ0) is 18.5. The number of hydrogen-bond donors (Lipinski definition) is 2. The Kier molecular flexibility index (Phi) is 5.53.